The van der Waals surface area contributed by atoms with E-state index >= 15 is 0 Å². The fourth-order valence-electron chi connectivity index (χ4n) is 3.10. The summed E-state index contributed by atoms with van der Waals surface area (Å²) >= 11 is 0. The second-order valence-electron chi connectivity index (χ2n) is 7.46. The standard InChI is InChI=1S/C24H29NO4/c1-17(2)29-22-13-7-18(15-23(22)28-4)8-14-24(26)25(20-9-10-20)16-19-5-11-21(27-3)12-6-19/h5-8,11-15,17,20H,9-10,16H2,1-4H3. The molecule has 0 spiro atoms. The monoisotopic (exact) mass is 395 g/mol. The zero-order valence-corrected chi connectivity index (χ0v) is 17.6. The Morgan fingerprint density at radius 2 is 1.79 bits per heavy atom. The first-order chi connectivity index (χ1) is 14.0. The van der Waals surface area contributed by atoms with E-state index in [4.69, 9.17) is 14.2 Å². The van der Waals surface area contributed by atoms with Crippen molar-refractivity contribution in [2.24, 2.45) is 0 Å². The molecule has 0 N–H and O–H groups in total. The number of rotatable bonds is 9. The molecule has 1 saturated carbocycles. The lowest BCUT2D eigenvalue weighted by Gasteiger charge is -2.21. The first-order valence-electron chi connectivity index (χ1n) is 9.96. The minimum atomic E-state index is 0.0183. The Kier molecular flexibility index (Phi) is 6.81. The van der Waals surface area contributed by atoms with Crippen molar-refractivity contribution in [3.8, 4) is 17.2 Å². The second kappa shape index (κ2) is 9.50. The van der Waals surface area contributed by atoms with E-state index in [1.54, 1.807) is 20.3 Å². The first-order valence-corrected chi connectivity index (χ1v) is 9.96. The number of hydrogen-bond acceptors (Lipinski definition) is 4. The molecule has 2 aromatic carbocycles. The molecule has 29 heavy (non-hydrogen) atoms. The molecule has 0 saturated heterocycles. The Bertz CT molecular complexity index is 854. The predicted molar refractivity (Wildman–Crippen MR) is 114 cm³/mol. The van der Waals surface area contributed by atoms with E-state index in [1.807, 2.05) is 67.3 Å². The molecule has 1 aliphatic rings. The second-order valence-corrected chi connectivity index (χ2v) is 7.46. The molecule has 0 aromatic heterocycles. The SMILES string of the molecule is COc1ccc(CN(C(=O)C=Cc2ccc(OC(C)C)c(OC)c2)C2CC2)cc1. The van der Waals surface area contributed by atoms with Gasteiger partial charge in [-0.2, -0.15) is 0 Å². The van der Waals surface area contributed by atoms with Gasteiger partial charge in [0, 0.05) is 18.7 Å². The summed E-state index contributed by atoms with van der Waals surface area (Å²) < 4.78 is 16.4. The van der Waals surface area contributed by atoms with Crippen LogP contribution in [0.5, 0.6) is 17.2 Å². The van der Waals surface area contributed by atoms with Gasteiger partial charge in [-0.1, -0.05) is 18.2 Å². The van der Waals surface area contributed by atoms with Crippen molar-refractivity contribution in [3.05, 3.63) is 59.7 Å². The van der Waals surface area contributed by atoms with Gasteiger partial charge in [-0.05, 0) is 68.2 Å². The molecule has 0 bridgehead atoms. The van der Waals surface area contributed by atoms with Crippen LogP contribution >= 0.6 is 0 Å². The summed E-state index contributed by atoms with van der Waals surface area (Å²) in [5.74, 6) is 2.19. The smallest absolute Gasteiger partial charge is 0.247 e. The summed E-state index contributed by atoms with van der Waals surface area (Å²) in [6.07, 6.45) is 5.65. The fourth-order valence-corrected chi connectivity index (χ4v) is 3.10. The van der Waals surface area contributed by atoms with Crippen molar-refractivity contribution in [1.82, 2.24) is 4.90 Å². The predicted octanol–water partition coefficient (Wildman–Crippen LogP) is 4.70. The Morgan fingerprint density at radius 1 is 1.07 bits per heavy atom. The first kappa shape index (κ1) is 20.8. The maximum atomic E-state index is 12.9. The summed E-state index contributed by atoms with van der Waals surface area (Å²) in [7, 11) is 3.27. The number of amides is 1. The number of methoxy groups -OCH3 is 2. The summed E-state index contributed by atoms with van der Waals surface area (Å²) in [6.45, 7) is 4.55. The van der Waals surface area contributed by atoms with Gasteiger partial charge in [0.05, 0.1) is 20.3 Å². The maximum Gasteiger partial charge on any atom is 0.247 e. The number of benzene rings is 2. The highest BCUT2D eigenvalue weighted by molar-refractivity contribution is 5.92. The van der Waals surface area contributed by atoms with Crippen LogP contribution in [0.25, 0.3) is 6.08 Å². The van der Waals surface area contributed by atoms with Crippen LogP contribution in [0.4, 0.5) is 0 Å². The zero-order chi connectivity index (χ0) is 20.8. The molecule has 0 aliphatic heterocycles. The minimum absolute atomic E-state index is 0.0183. The topological polar surface area (TPSA) is 48.0 Å². The van der Waals surface area contributed by atoms with Gasteiger partial charge in [0.2, 0.25) is 5.91 Å². The van der Waals surface area contributed by atoms with Crippen molar-refractivity contribution in [3.63, 3.8) is 0 Å². The van der Waals surface area contributed by atoms with E-state index in [1.165, 1.54) is 0 Å². The molecular weight excluding hydrogens is 366 g/mol. The van der Waals surface area contributed by atoms with Crippen molar-refractivity contribution in [2.45, 2.75) is 45.4 Å². The highest BCUT2D eigenvalue weighted by Gasteiger charge is 2.31. The molecule has 0 atom stereocenters. The van der Waals surface area contributed by atoms with Crippen LogP contribution in [0.3, 0.4) is 0 Å². The molecule has 0 heterocycles. The van der Waals surface area contributed by atoms with E-state index < -0.39 is 0 Å². The van der Waals surface area contributed by atoms with E-state index in [-0.39, 0.29) is 12.0 Å². The number of hydrogen-bond donors (Lipinski definition) is 0. The number of carbonyl (C=O) groups is 1. The lowest BCUT2D eigenvalue weighted by atomic mass is 10.1. The molecular formula is C24H29NO4. The molecule has 2 aromatic rings. The molecule has 0 unspecified atom stereocenters. The molecule has 3 rings (SSSR count). The van der Waals surface area contributed by atoms with E-state index in [2.05, 4.69) is 0 Å². The molecule has 5 heteroatoms. The lowest BCUT2D eigenvalue weighted by Crippen LogP contribution is -2.31. The van der Waals surface area contributed by atoms with Crippen LogP contribution in [0.2, 0.25) is 0 Å². The lowest BCUT2D eigenvalue weighted by molar-refractivity contribution is -0.127. The third kappa shape index (κ3) is 5.76. The number of carbonyl (C=O) groups excluding carboxylic acids is 1. The van der Waals surface area contributed by atoms with Crippen molar-refractivity contribution in [1.29, 1.82) is 0 Å². The third-order valence-corrected chi connectivity index (χ3v) is 4.75. The Balaban J connectivity index is 1.70. The molecule has 0 radical (unpaired) electrons. The Hall–Kier alpha value is -2.95. The van der Waals surface area contributed by atoms with Crippen molar-refractivity contribution < 1.29 is 19.0 Å². The highest BCUT2D eigenvalue weighted by atomic mass is 16.5. The van der Waals surface area contributed by atoms with E-state index in [9.17, 15) is 4.79 Å². The molecule has 1 fully saturated rings. The van der Waals surface area contributed by atoms with Crippen molar-refractivity contribution >= 4 is 12.0 Å². The highest BCUT2D eigenvalue weighted by Crippen LogP contribution is 2.31. The fraction of sp³-hybridized carbons (Fsp3) is 0.375. The van der Waals surface area contributed by atoms with Gasteiger partial charge in [-0.25, -0.2) is 0 Å². The van der Waals surface area contributed by atoms with Crippen LogP contribution in [-0.2, 0) is 11.3 Å². The van der Waals surface area contributed by atoms with E-state index in [0.717, 1.165) is 29.7 Å². The normalized spacial score (nSPS) is 13.6. The summed E-state index contributed by atoms with van der Waals surface area (Å²) in [5.41, 5.74) is 1.99. The summed E-state index contributed by atoms with van der Waals surface area (Å²) in [5, 5.41) is 0. The maximum absolute atomic E-state index is 12.9. The van der Waals surface area contributed by atoms with Gasteiger partial charge in [0.15, 0.2) is 11.5 Å². The molecule has 1 amide bonds. The molecule has 154 valence electrons. The van der Waals surface area contributed by atoms with Crippen LogP contribution < -0.4 is 14.2 Å². The number of ether oxygens (including phenoxy) is 3. The average Bonchev–Trinajstić information content (AvgIpc) is 3.56. The average molecular weight is 395 g/mol. The van der Waals surface area contributed by atoms with E-state index in [0.29, 0.717) is 24.1 Å². The van der Waals surface area contributed by atoms with Gasteiger partial charge in [0.25, 0.3) is 0 Å². The minimum Gasteiger partial charge on any atom is -0.497 e. The van der Waals surface area contributed by atoms with Gasteiger partial charge in [0.1, 0.15) is 5.75 Å². The zero-order valence-electron chi connectivity index (χ0n) is 17.6. The Labute approximate surface area is 172 Å². The van der Waals surface area contributed by atoms with Crippen LogP contribution in [0.15, 0.2) is 48.5 Å². The van der Waals surface area contributed by atoms with Gasteiger partial charge in [-0.3, -0.25) is 4.79 Å². The Morgan fingerprint density at radius 3 is 2.38 bits per heavy atom. The van der Waals surface area contributed by atoms with Crippen molar-refractivity contribution in [2.75, 3.05) is 14.2 Å². The third-order valence-electron chi connectivity index (χ3n) is 4.75. The van der Waals surface area contributed by atoms with Crippen LogP contribution in [0, 0.1) is 0 Å². The van der Waals surface area contributed by atoms with Gasteiger partial charge >= 0.3 is 0 Å². The number of nitrogens with zero attached hydrogens (tertiary/aromatic N) is 1. The molecule has 1 aliphatic carbocycles. The quantitative estimate of drug-likeness (QED) is 0.578. The summed E-state index contributed by atoms with van der Waals surface area (Å²) in [6, 6.07) is 13.9. The largest absolute Gasteiger partial charge is 0.497 e. The summed E-state index contributed by atoms with van der Waals surface area (Å²) in [4.78, 5) is 14.8. The van der Waals surface area contributed by atoms with Gasteiger partial charge < -0.3 is 19.1 Å². The van der Waals surface area contributed by atoms with Crippen LogP contribution in [-0.4, -0.2) is 37.2 Å². The molecule has 5 nitrogen and oxygen atoms in total. The van der Waals surface area contributed by atoms with Crippen LogP contribution in [0.1, 0.15) is 37.8 Å². The van der Waals surface area contributed by atoms with Gasteiger partial charge in [-0.15, -0.1) is 0 Å².